The summed E-state index contributed by atoms with van der Waals surface area (Å²) >= 11 is 0. The highest BCUT2D eigenvalue weighted by atomic mass is 19.4. The number of rotatable bonds is 8. The van der Waals surface area contributed by atoms with Gasteiger partial charge in [0.25, 0.3) is 0 Å². The number of nitrogens with zero attached hydrogens (tertiary/aromatic N) is 1. The second-order valence-corrected chi connectivity index (χ2v) is 6.31. The van der Waals surface area contributed by atoms with Gasteiger partial charge in [-0.05, 0) is 30.5 Å². The van der Waals surface area contributed by atoms with Crippen LogP contribution in [0.2, 0.25) is 0 Å². The molecule has 1 aromatic rings. The number of nitrogens with one attached hydrogen (secondary N) is 1. The smallest absolute Gasteiger partial charge is 0.416 e. The zero-order chi connectivity index (χ0) is 20.8. The van der Waals surface area contributed by atoms with E-state index in [4.69, 9.17) is 0 Å². The summed E-state index contributed by atoms with van der Waals surface area (Å²) in [7, 11) is 0. The van der Waals surface area contributed by atoms with Crippen LogP contribution in [0, 0.1) is 0 Å². The SMILES string of the molecule is CC(=O)NCCN(C(=O)CC(C)c1ccc(C(F)(F)F)cc1)C(C)C(=O)O. The Balaban J connectivity index is 2.83. The van der Waals surface area contributed by atoms with Gasteiger partial charge in [-0.2, -0.15) is 13.2 Å². The monoisotopic (exact) mass is 388 g/mol. The van der Waals surface area contributed by atoms with E-state index in [0.717, 1.165) is 17.0 Å². The molecule has 0 saturated heterocycles. The van der Waals surface area contributed by atoms with Crippen LogP contribution in [0.25, 0.3) is 0 Å². The number of carboxylic acid groups (broad SMARTS) is 1. The minimum Gasteiger partial charge on any atom is -0.480 e. The normalized spacial score (nSPS) is 13.6. The molecule has 0 bridgehead atoms. The van der Waals surface area contributed by atoms with Crippen LogP contribution in [0.1, 0.15) is 44.2 Å². The van der Waals surface area contributed by atoms with Crippen molar-refractivity contribution in [1.29, 1.82) is 0 Å². The summed E-state index contributed by atoms with van der Waals surface area (Å²) in [5, 5.41) is 11.7. The van der Waals surface area contributed by atoms with Crippen LogP contribution >= 0.6 is 0 Å². The van der Waals surface area contributed by atoms with Gasteiger partial charge in [0, 0.05) is 26.4 Å². The third kappa shape index (κ3) is 6.92. The van der Waals surface area contributed by atoms with Crippen molar-refractivity contribution < 1.29 is 32.7 Å². The van der Waals surface area contributed by atoms with E-state index in [9.17, 15) is 32.7 Å². The molecule has 150 valence electrons. The van der Waals surface area contributed by atoms with E-state index in [0.29, 0.717) is 5.56 Å². The molecule has 0 fully saturated rings. The molecule has 1 rings (SSSR count). The lowest BCUT2D eigenvalue weighted by molar-refractivity contribution is -0.149. The molecule has 0 aliphatic carbocycles. The van der Waals surface area contributed by atoms with Gasteiger partial charge in [0.05, 0.1) is 5.56 Å². The number of hydrogen-bond donors (Lipinski definition) is 2. The first-order valence-corrected chi connectivity index (χ1v) is 8.37. The largest absolute Gasteiger partial charge is 0.480 e. The fraction of sp³-hybridized carbons (Fsp3) is 0.500. The molecule has 27 heavy (non-hydrogen) atoms. The van der Waals surface area contributed by atoms with Crippen molar-refractivity contribution in [2.75, 3.05) is 13.1 Å². The molecule has 0 aromatic heterocycles. The minimum absolute atomic E-state index is 0.0195. The first-order valence-electron chi connectivity index (χ1n) is 8.37. The fourth-order valence-corrected chi connectivity index (χ4v) is 2.52. The number of amides is 2. The van der Waals surface area contributed by atoms with Gasteiger partial charge in [0.1, 0.15) is 6.04 Å². The van der Waals surface area contributed by atoms with Gasteiger partial charge in [-0.25, -0.2) is 4.79 Å². The van der Waals surface area contributed by atoms with Crippen LogP contribution in [0.5, 0.6) is 0 Å². The molecule has 2 N–H and O–H groups in total. The summed E-state index contributed by atoms with van der Waals surface area (Å²) in [6, 6.07) is 3.42. The molecule has 1 aromatic carbocycles. The Bertz CT molecular complexity index is 674. The highest BCUT2D eigenvalue weighted by Gasteiger charge is 2.30. The quantitative estimate of drug-likeness (QED) is 0.717. The predicted molar refractivity (Wildman–Crippen MR) is 92.0 cm³/mol. The number of carbonyl (C=O) groups is 3. The van der Waals surface area contributed by atoms with E-state index in [1.807, 2.05) is 0 Å². The first kappa shape index (κ1) is 22.5. The van der Waals surface area contributed by atoms with Crippen molar-refractivity contribution >= 4 is 17.8 Å². The topological polar surface area (TPSA) is 86.7 Å². The number of carboxylic acids is 1. The van der Waals surface area contributed by atoms with Crippen molar-refractivity contribution in [3.05, 3.63) is 35.4 Å². The molecular weight excluding hydrogens is 365 g/mol. The molecular formula is C18H23F3N2O4. The lowest BCUT2D eigenvalue weighted by Gasteiger charge is -2.28. The highest BCUT2D eigenvalue weighted by Crippen LogP contribution is 2.30. The molecule has 9 heteroatoms. The molecule has 0 radical (unpaired) electrons. The van der Waals surface area contributed by atoms with E-state index in [2.05, 4.69) is 5.32 Å². The van der Waals surface area contributed by atoms with Gasteiger partial charge < -0.3 is 15.3 Å². The van der Waals surface area contributed by atoms with Gasteiger partial charge in [-0.3, -0.25) is 9.59 Å². The number of halogens is 3. The zero-order valence-electron chi connectivity index (χ0n) is 15.3. The maximum Gasteiger partial charge on any atom is 0.416 e. The number of benzene rings is 1. The van der Waals surface area contributed by atoms with E-state index in [-0.39, 0.29) is 25.4 Å². The fourth-order valence-electron chi connectivity index (χ4n) is 2.52. The average Bonchev–Trinajstić information content (AvgIpc) is 2.57. The summed E-state index contributed by atoms with van der Waals surface area (Å²) in [6.07, 6.45) is -4.50. The third-order valence-corrected chi connectivity index (χ3v) is 4.16. The molecule has 6 nitrogen and oxygen atoms in total. The molecule has 2 amide bonds. The molecule has 2 atom stereocenters. The first-order chi connectivity index (χ1) is 12.4. The van der Waals surface area contributed by atoms with E-state index in [1.165, 1.54) is 26.0 Å². The maximum atomic E-state index is 12.6. The summed E-state index contributed by atoms with van der Waals surface area (Å²) in [4.78, 5) is 35.9. The van der Waals surface area contributed by atoms with Crippen LogP contribution in [-0.4, -0.2) is 46.9 Å². The van der Waals surface area contributed by atoms with Crippen molar-refractivity contribution in [1.82, 2.24) is 10.2 Å². The van der Waals surface area contributed by atoms with Gasteiger partial charge >= 0.3 is 12.1 Å². The van der Waals surface area contributed by atoms with E-state index >= 15 is 0 Å². The zero-order valence-corrected chi connectivity index (χ0v) is 15.3. The Kier molecular flexibility index (Phi) is 7.81. The van der Waals surface area contributed by atoms with Crippen molar-refractivity contribution in [2.45, 2.75) is 45.3 Å². The molecule has 0 aliphatic heterocycles. The second kappa shape index (κ2) is 9.38. The standard InChI is InChI=1S/C18H23F3N2O4/c1-11(14-4-6-15(7-5-14)18(19,20)21)10-16(25)23(12(2)17(26)27)9-8-22-13(3)24/h4-7,11-12H,8-10H2,1-3H3,(H,22,24)(H,26,27). The van der Waals surface area contributed by atoms with Gasteiger partial charge in [-0.1, -0.05) is 19.1 Å². The minimum atomic E-state index is -4.44. The Morgan fingerprint density at radius 1 is 1.15 bits per heavy atom. The molecule has 2 unspecified atom stereocenters. The van der Waals surface area contributed by atoms with Crippen molar-refractivity contribution in [3.63, 3.8) is 0 Å². The Hall–Kier alpha value is -2.58. The van der Waals surface area contributed by atoms with Crippen LogP contribution in [0.3, 0.4) is 0 Å². The van der Waals surface area contributed by atoms with E-state index in [1.54, 1.807) is 6.92 Å². The average molecular weight is 388 g/mol. The Morgan fingerprint density at radius 2 is 1.70 bits per heavy atom. The summed E-state index contributed by atoms with van der Waals surface area (Å²) < 4.78 is 37.9. The van der Waals surface area contributed by atoms with Crippen LogP contribution in [0.4, 0.5) is 13.2 Å². The van der Waals surface area contributed by atoms with Crippen LogP contribution < -0.4 is 5.32 Å². The Morgan fingerprint density at radius 3 is 2.15 bits per heavy atom. The summed E-state index contributed by atoms with van der Waals surface area (Å²) in [5.41, 5.74) is -0.234. The molecule has 0 heterocycles. The molecule has 0 saturated carbocycles. The number of carbonyl (C=O) groups excluding carboxylic acids is 2. The lowest BCUT2D eigenvalue weighted by atomic mass is 9.95. The lowest BCUT2D eigenvalue weighted by Crippen LogP contribution is -2.47. The number of alkyl halides is 3. The summed E-state index contributed by atoms with van der Waals surface area (Å²) in [6.45, 7) is 4.47. The van der Waals surface area contributed by atoms with Crippen LogP contribution in [-0.2, 0) is 20.6 Å². The van der Waals surface area contributed by atoms with Crippen molar-refractivity contribution in [2.24, 2.45) is 0 Å². The number of aliphatic carboxylic acids is 1. The highest BCUT2D eigenvalue weighted by molar-refractivity contribution is 5.84. The van der Waals surface area contributed by atoms with E-state index < -0.39 is 35.6 Å². The molecule has 0 aliphatic rings. The Labute approximate surface area is 155 Å². The van der Waals surface area contributed by atoms with Gasteiger partial charge in [0.2, 0.25) is 11.8 Å². The molecule has 0 spiro atoms. The third-order valence-electron chi connectivity index (χ3n) is 4.16. The number of hydrogen-bond acceptors (Lipinski definition) is 3. The van der Waals surface area contributed by atoms with Gasteiger partial charge in [-0.15, -0.1) is 0 Å². The predicted octanol–water partition coefficient (Wildman–Crippen LogP) is 2.64. The second-order valence-electron chi connectivity index (χ2n) is 6.31. The van der Waals surface area contributed by atoms with Gasteiger partial charge in [0.15, 0.2) is 0 Å². The maximum absolute atomic E-state index is 12.6. The van der Waals surface area contributed by atoms with Crippen molar-refractivity contribution in [3.8, 4) is 0 Å². The summed E-state index contributed by atoms with van der Waals surface area (Å²) in [5.74, 6) is -2.34. The van der Waals surface area contributed by atoms with Crippen LogP contribution in [0.15, 0.2) is 24.3 Å².